The lowest BCUT2D eigenvalue weighted by Gasteiger charge is -2.36. The highest BCUT2D eigenvalue weighted by molar-refractivity contribution is 5.67. The lowest BCUT2D eigenvalue weighted by Crippen LogP contribution is -2.51. The van der Waals surface area contributed by atoms with Gasteiger partial charge in [-0.05, 0) is 33.0 Å². The van der Waals surface area contributed by atoms with Gasteiger partial charge in [0.25, 0.3) is 0 Å². The fourth-order valence-electron chi connectivity index (χ4n) is 2.25. The monoisotopic (exact) mass is 257 g/mol. The third-order valence-corrected chi connectivity index (χ3v) is 3.52. The summed E-state index contributed by atoms with van der Waals surface area (Å²) in [5, 5.41) is 3.25. The summed E-state index contributed by atoms with van der Waals surface area (Å²) in [5.41, 5.74) is 0. The van der Waals surface area contributed by atoms with Crippen LogP contribution in [0.1, 0.15) is 12.8 Å². The number of ether oxygens (including phenoxy) is 2. The first-order valence-electron chi connectivity index (χ1n) is 6.61. The number of amides is 1. The van der Waals surface area contributed by atoms with Gasteiger partial charge in [-0.1, -0.05) is 0 Å². The molecule has 2 heterocycles. The van der Waals surface area contributed by atoms with Crippen molar-refractivity contribution in [1.82, 2.24) is 15.1 Å². The molecule has 0 saturated carbocycles. The Labute approximate surface area is 108 Å². The van der Waals surface area contributed by atoms with Crippen molar-refractivity contribution >= 4 is 6.09 Å². The van der Waals surface area contributed by atoms with Gasteiger partial charge < -0.3 is 14.8 Å². The van der Waals surface area contributed by atoms with Crippen molar-refractivity contribution in [3.63, 3.8) is 0 Å². The normalized spacial score (nSPS) is 26.9. The van der Waals surface area contributed by atoms with Gasteiger partial charge in [-0.25, -0.2) is 4.79 Å². The molecule has 2 fully saturated rings. The van der Waals surface area contributed by atoms with Gasteiger partial charge in [0, 0.05) is 20.1 Å². The van der Waals surface area contributed by atoms with Crippen molar-refractivity contribution in [2.45, 2.75) is 25.2 Å². The van der Waals surface area contributed by atoms with E-state index in [4.69, 9.17) is 9.47 Å². The zero-order valence-corrected chi connectivity index (χ0v) is 11.2. The summed E-state index contributed by atoms with van der Waals surface area (Å²) < 4.78 is 11.1. The molecule has 0 radical (unpaired) electrons. The number of hydrogen-bond donors (Lipinski definition) is 1. The summed E-state index contributed by atoms with van der Waals surface area (Å²) in [6.45, 7) is 4.15. The quantitative estimate of drug-likeness (QED) is 0.760. The van der Waals surface area contributed by atoms with Crippen molar-refractivity contribution in [2.24, 2.45) is 0 Å². The molecule has 2 rings (SSSR count). The first-order valence-corrected chi connectivity index (χ1v) is 6.61. The summed E-state index contributed by atoms with van der Waals surface area (Å²) in [6.07, 6.45) is 1.36. The minimum absolute atomic E-state index is 0.0440. The van der Waals surface area contributed by atoms with Crippen molar-refractivity contribution in [2.75, 3.05) is 46.9 Å². The van der Waals surface area contributed by atoms with Crippen LogP contribution >= 0.6 is 0 Å². The molecule has 0 spiro atoms. The minimum atomic E-state index is -0.276. The Kier molecular flexibility index (Phi) is 4.79. The maximum atomic E-state index is 12.0. The molecule has 2 aliphatic rings. The zero-order chi connectivity index (χ0) is 13.0. The number of carbonyl (C=O) groups excluding carboxylic acids is 1. The standard InChI is InChI=1S/C12H23N3O3/c1-14-7-8-17-11(9-14)15(2)12(16)18-10-3-5-13-6-4-10/h10-11,13H,3-9H2,1-2H3. The third-order valence-electron chi connectivity index (χ3n) is 3.52. The molecule has 2 aliphatic heterocycles. The molecule has 0 aliphatic carbocycles. The summed E-state index contributed by atoms with van der Waals surface area (Å²) >= 11 is 0. The first-order chi connectivity index (χ1) is 8.66. The number of hydrogen-bond acceptors (Lipinski definition) is 5. The second kappa shape index (κ2) is 6.36. The minimum Gasteiger partial charge on any atom is -0.446 e. The van der Waals surface area contributed by atoms with Gasteiger partial charge in [0.15, 0.2) is 0 Å². The average Bonchev–Trinajstić information content (AvgIpc) is 2.39. The largest absolute Gasteiger partial charge is 0.446 e. The first kappa shape index (κ1) is 13.6. The molecule has 6 nitrogen and oxygen atoms in total. The van der Waals surface area contributed by atoms with E-state index in [0.717, 1.165) is 39.0 Å². The highest BCUT2D eigenvalue weighted by Gasteiger charge is 2.28. The van der Waals surface area contributed by atoms with Crippen LogP contribution in [0.15, 0.2) is 0 Å². The van der Waals surface area contributed by atoms with Gasteiger partial charge in [0.05, 0.1) is 6.61 Å². The molecule has 1 atom stereocenters. The second-order valence-electron chi connectivity index (χ2n) is 5.03. The summed E-state index contributed by atoms with van der Waals surface area (Å²) in [7, 11) is 3.77. The van der Waals surface area contributed by atoms with Crippen molar-refractivity contribution in [1.29, 1.82) is 0 Å². The Hall–Kier alpha value is -0.850. The summed E-state index contributed by atoms with van der Waals surface area (Å²) in [5.74, 6) is 0. The molecular weight excluding hydrogens is 234 g/mol. The molecule has 18 heavy (non-hydrogen) atoms. The predicted octanol–water partition coefficient (Wildman–Crippen LogP) is 0.0949. The van der Waals surface area contributed by atoms with Gasteiger partial charge in [-0.3, -0.25) is 9.80 Å². The van der Waals surface area contributed by atoms with Gasteiger partial charge in [-0.2, -0.15) is 0 Å². The molecule has 1 N–H and O–H groups in total. The van der Waals surface area contributed by atoms with E-state index in [1.54, 1.807) is 11.9 Å². The summed E-state index contributed by atoms with van der Waals surface area (Å²) in [4.78, 5) is 15.7. The van der Waals surface area contributed by atoms with Gasteiger partial charge in [0.1, 0.15) is 12.3 Å². The number of carbonyl (C=O) groups is 1. The Morgan fingerprint density at radius 3 is 2.83 bits per heavy atom. The van der Waals surface area contributed by atoms with Crippen LogP contribution < -0.4 is 5.32 Å². The molecule has 0 aromatic rings. The van der Waals surface area contributed by atoms with E-state index < -0.39 is 0 Å². The average molecular weight is 257 g/mol. The maximum absolute atomic E-state index is 12.0. The molecule has 0 bridgehead atoms. The van der Waals surface area contributed by atoms with Crippen molar-refractivity contribution in [3.8, 4) is 0 Å². The SMILES string of the molecule is CN1CCOC(N(C)C(=O)OC2CCNCC2)C1. The number of piperidine rings is 1. The smallest absolute Gasteiger partial charge is 0.411 e. The lowest BCUT2D eigenvalue weighted by molar-refractivity contribution is -0.0939. The number of nitrogens with one attached hydrogen (secondary N) is 1. The van der Waals surface area contributed by atoms with Crippen molar-refractivity contribution < 1.29 is 14.3 Å². The third kappa shape index (κ3) is 3.57. The molecular formula is C12H23N3O3. The fourth-order valence-corrected chi connectivity index (χ4v) is 2.25. The fraction of sp³-hybridized carbons (Fsp3) is 0.917. The van der Waals surface area contributed by atoms with E-state index in [1.807, 2.05) is 7.05 Å². The number of rotatable bonds is 2. The second-order valence-corrected chi connectivity index (χ2v) is 5.03. The van der Waals surface area contributed by atoms with Crippen LogP contribution in [-0.4, -0.2) is 75.1 Å². The Morgan fingerprint density at radius 2 is 2.17 bits per heavy atom. The molecule has 0 aromatic carbocycles. The molecule has 1 amide bonds. The van der Waals surface area contributed by atoms with Gasteiger partial charge in [-0.15, -0.1) is 0 Å². The number of morpholine rings is 1. The Balaban J connectivity index is 1.79. The highest BCUT2D eigenvalue weighted by atomic mass is 16.6. The van der Waals surface area contributed by atoms with Gasteiger partial charge in [0.2, 0.25) is 0 Å². The van der Waals surface area contributed by atoms with Crippen LogP contribution in [0.2, 0.25) is 0 Å². The van der Waals surface area contributed by atoms with E-state index in [1.165, 1.54) is 0 Å². The predicted molar refractivity (Wildman–Crippen MR) is 67.4 cm³/mol. The number of likely N-dealkylation sites (N-methyl/N-ethyl adjacent to an activating group) is 2. The van der Waals surface area contributed by atoms with Crippen LogP contribution in [0.5, 0.6) is 0 Å². The van der Waals surface area contributed by atoms with E-state index in [9.17, 15) is 4.79 Å². The zero-order valence-electron chi connectivity index (χ0n) is 11.2. The van der Waals surface area contributed by atoms with Crippen LogP contribution in [0.25, 0.3) is 0 Å². The van der Waals surface area contributed by atoms with E-state index in [0.29, 0.717) is 6.61 Å². The topological polar surface area (TPSA) is 54.0 Å². The highest BCUT2D eigenvalue weighted by Crippen LogP contribution is 2.12. The Bertz CT molecular complexity index is 282. The van der Waals surface area contributed by atoms with E-state index in [-0.39, 0.29) is 18.4 Å². The van der Waals surface area contributed by atoms with E-state index in [2.05, 4.69) is 10.2 Å². The molecule has 0 aromatic heterocycles. The van der Waals surface area contributed by atoms with Crippen LogP contribution in [0, 0.1) is 0 Å². The van der Waals surface area contributed by atoms with Crippen LogP contribution in [-0.2, 0) is 9.47 Å². The molecule has 2 saturated heterocycles. The molecule has 104 valence electrons. The summed E-state index contributed by atoms with van der Waals surface area (Å²) in [6, 6.07) is 0. The van der Waals surface area contributed by atoms with Crippen LogP contribution in [0.4, 0.5) is 4.79 Å². The molecule has 1 unspecified atom stereocenters. The maximum Gasteiger partial charge on any atom is 0.411 e. The Morgan fingerprint density at radius 1 is 1.44 bits per heavy atom. The van der Waals surface area contributed by atoms with Crippen molar-refractivity contribution in [3.05, 3.63) is 0 Å². The lowest BCUT2D eigenvalue weighted by atomic mass is 10.1. The van der Waals surface area contributed by atoms with Crippen LogP contribution in [0.3, 0.4) is 0 Å². The van der Waals surface area contributed by atoms with Gasteiger partial charge >= 0.3 is 6.09 Å². The number of nitrogens with zero attached hydrogens (tertiary/aromatic N) is 2. The van der Waals surface area contributed by atoms with E-state index >= 15 is 0 Å². The molecule has 6 heteroatoms.